The molecule has 98 valence electrons. The average Bonchev–Trinajstić information content (AvgIpc) is 2.42. The maximum atomic E-state index is 11.8. The number of rotatable bonds is 4. The van der Waals surface area contributed by atoms with Crippen LogP contribution in [0.2, 0.25) is 0 Å². The van der Waals surface area contributed by atoms with Crippen molar-refractivity contribution < 1.29 is 14.3 Å². The van der Waals surface area contributed by atoms with E-state index in [0.717, 1.165) is 3.57 Å². The third-order valence-electron chi connectivity index (χ3n) is 2.29. The molecular weight excluding hydrogens is 357 g/mol. The highest BCUT2D eigenvalue weighted by Gasteiger charge is 2.15. The Morgan fingerprint density at radius 1 is 1.26 bits per heavy atom. The van der Waals surface area contributed by atoms with Gasteiger partial charge in [-0.15, -0.1) is 0 Å². The first kappa shape index (κ1) is 13.8. The van der Waals surface area contributed by atoms with Crippen LogP contribution in [0.1, 0.15) is 17.3 Å². The van der Waals surface area contributed by atoms with E-state index in [9.17, 15) is 4.79 Å². The summed E-state index contributed by atoms with van der Waals surface area (Å²) in [5.74, 6) is 0.447. The Balaban J connectivity index is 2.24. The molecule has 1 aromatic heterocycles. The van der Waals surface area contributed by atoms with Crippen LogP contribution >= 0.6 is 22.6 Å². The molecule has 0 radical (unpaired) electrons. The highest BCUT2D eigenvalue weighted by atomic mass is 127. The molecule has 2 aromatic rings. The smallest absolute Gasteiger partial charge is 0.343 e. The molecule has 1 heterocycles. The van der Waals surface area contributed by atoms with Crippen molar-refractivity contribution in [1.29, 1.82) is 0 Å². The van der Waals surface area contributed by atoms with E-state index < -0.39 is 5.97 Å². The van der Waals surface area contributed by atoms with E-state index in [0.29, 0.717) is 17.9 Å². The Kier molecular flexibility index (Phi) is 4.73. The molecule has 0 fully saturated rings. The number of nitrogens with zero attached hydrogens (tertiary/aromatic N) is 1. The number of halogens is 1. The number of hydrogen-bond acceptors (Lipinski definition) is 4. The van der Waals surface area contributed by atoms with Crippen molar-refractivity contribution in [3.05, 3.63) is 51.7 Å². The van der Waals surface area contributed by atoms with Crippen molar-refractivity contribution in [2.24, 2.45) is 0 Å². The van der Waals surface area contributed by atoms with E-state index in [1.54, 1.807) is 25.3 Å². The molecule has 0 aliphatic heterocycles. The third-order valence-corrected chi connectivity index (χ3v) is 3.01. The lowest BCUT2D eigenvalue weighted by Gasteiger charge is -2.09. The van der Waals surface area contributed by atoms with Gasteiger partial charge in [-0.3, -0.25) is 0 Å². The second-order valence-electron chi connectivity index (χ2n) is 3.63. The molecule has 0 spiro atoms. The van der Waals surface area contributed by atoms with Gasteiger partial charge in [0.2, 0.25) is 5.88 Å². The second kappa shape index (κ2) is 6.51. The van der Waals surface area contributed by atoms with Crippen LogP contribution in [-0.4, -0.2) is 17.6 Å². The topological polar surface area (TPSA) is 48.4 Å². The molecule has 2 rings (SSSR count). The summed E-state index contributed by atoms with van der Waals surface area (Å²) >= 11 is 2.21. The molecule has 1 aromatic carbocycles. The molecule has 0 atom stereocenters. The fourth-order valence-corrected chi connectivity index (χ4v) is 1.81. The Bertz CT molecular complexity index is 569. The SMILES string of the molecule is CCOC(=O)c1cccnc1Oc1ccc(I)cc1. The molecule has 0 saturated heterocycles. The minimum Gasteiger partial charge on any atom is -0.462 e. The summed E-state index contributed by atoms with van der Waals surface area (Å²) in [6, 6.07) is 10.8. The predicted molar refractivity (Wildman–Crippen MR) is 79.4 cm³/mol. The maximum Gasteiger partial charge on any atom is 0.343 e. The van der Waals surface area contributed by atoms with Gasteiger partial charge in [0, 0.05) is 9.77 Å². The normalized spacial score (nSPS) is 10.0. The van der Waals surface area contributed by atoms with Crippen LogP contribution in [0.3, 0.4) is 0 Å². The highest BCUT2D eigenvalue weighted by Crippen LogP contribution is 2.24. The van der Waals surface area contributed by atoms with Gasteiger partial charge in [-0.1, -0.05) is 0 Å². The molecule has 5 heteroatoms. The number of aromatic nitrogens is 1. The molecular formula is C14H12INO3. The zero-order valence-corrected chi connectivity index (χ0v) is 12.5. The summed E-state index contributed by atoms with van der Waals surface area (Å²) in [7, 11) is 0. The minimum absolute atomic E-state index is 0.252. The Hall–Kier alpha value is -1.63. The van der Waals surface area contributed by atoms with Gasteiger partial charge in [0.15, 0.2) is 0 Å². The monoisotopic (exact) mass is 369 g/mol. The number of ether oxygens (including phenoxy) is 2. The summed E-state index contributed by atoms with van der Waals surface area (Å²) in [6.07, 6.45) is 1.57. The van der Waals surface area contributed by atoms with Crippen LogP contribution in [0.25, 0.3) is 0 Å². The zero-order valence-electron chi connectivity index (χ0n) is 10.3. The minimum atomic E-state index is -0.434. The second-order valence-corrected chi connectivity index (χ2v) is 4.88. The molecule has 19 heavy (non-hydrogen) atoms. The van der Waals surface area contributed by atoms with E-state index in [1.165, 1.54) is 0 Å². The first-order valence-electron chi connectivity index (χ1n) is 5.76. The summed E-state index contributed by atoms with van der Waals surface area (Å²) in [5.41, 5.74) is 0.322. The fourth-order valence-electron chi connectivity index (χ4n) is 1.45. The van der Waals surface area contributed by atoms with Gasteiger partial charge in [-0.25, -0.2) is 9.78 Å². The fraction of sp³-hybridized carbons (Fsp3) is 0.143. The van der Waals surface area contributed by atoms with Crippen LogP contribution in [0.15, 0.2) is 42.6 Å². The van der Waals surface area contributed by atoms with Gasteiger partial charge in [0.05, 0.1) is 6.61 Å². The largest absolute Gasteiger partial charge is 0.462 e. The van der Waals surface area contributed by atoms with Crippen molar-refractivity contribution in [3.8, 4) is 11.6 Å². The van der Waals surface area contributed by atoms with Crippen molar-refractivity contribution in [2.75, 3.05) is 6.61 Å². The van der Waals surface area contributed by atoms with E-state index in [2.05, 4.69) is 27.6 Å². The van der Waals surface area contributed by atoms with Crippen molar-refractivity contribution in [3.63, 3.8) is 0 Å². The number of pyridine rings is 1. The van der Waals surface area contributed by atoms with Crippen LogP contribution in [-0.2, 0) is 4.74 Å². The van der Waals surface area contributed by atoms with Gasteiger partial charge in [0.1, 0.15) is 11.3 Å². The Labute approximate surface area is 124 Å². The summed E-state index contributed by atoms with van der Waals surface area (Å²) in [5, 5.41) is 0. The number of hydrogen-bond donors (Lipinski definition) is 0. The Morgan fingerprint density at radius 3 is 2.68 bits per heavy atom. The number of carbonyl (C=O) groups excluding carboxylic acids is 1. The van der Waals surface area contributed by atoms with E-state index in [4.69, 9.17) is 9.47 Å². The third kappa shape index (κ3) is 3.66. The molecule has 0 bridgehead atoms. The molecule has 0 unspecified atom stereocenters. The van der Waals surface area contributed by atoms with Gasteiger partial charge in [0.25, 0.3) is 0 Å². The highest BCUT2D eigenvalue weighted by molar-refractivity contribution is 14.1. The quantitative estimate of drug-likeness (QED) is 0.610. The van der Waals surface area contributed by atoms with Crippen LogP contribution in [0.5, 0.6) is 11.6 Å². The first-order chi connectivity index (χ1) is 9.20. The van der Waals surface area contributed by atoms with E-state index in [1.807, 2.05) is 24.3 Å². The van der Waals surface area contributed by atoms with Gasteiger partial charge < -0.3 is 9.47 Å². The summed E-state index contributed by atoms with van der Waals surface area (Å²) in [4.78, 5) is 15.8. The number of esters is 1. The van der Waals surface area contributed by atoms with Crippen molar-refractivity contribution >= 4 is 28.6 Å². The lowest BCUT2D eigenvalue weighted by atomic mass is 10.2. The molecule has 0 aliphatic carbocycles. The lowest BCUT2D eigenvalue weighted by molar-refractivity contribution is 0.0522. The van der Waals surface area contributed by atoms with Crippen LogP contribution in [0, 0.1) is 3.57 Å². The van der Waals surface area contributed by atoms with Gasteiger partial charge >= 0.3 is 5.97 Å². The lowest BCUT2D eigenvalue weighted by Crippen LogP contribution is -2.07. The van der Waals surface area contributed by atoms with E-state index in [-0.39, 0.29) is 5.88 Å². The zero-order chi connectivity index (χ0) is 13.7. The maximum absolute atomic E-state index is 11.8. The molecule has 4 nitrogen and oxygen atoms in total. The molecule has 0 saturated carbocycles. The number of benzene rings is 1. The molecule has 0 amide bonds. The van der Waals surface area contributed by atoms with Crippen LogP contribution < -0.4 is 4.74 Å². The van der Waals surface area contributed by atoms with E-state index >= 15 is 0 Å². The predicted octanol–water partition coefficient (Wildman–Crippen LogP) is 3.66. The first-order valence-corrected chi connectivity index (χ1v) is 6.84. The van der Waals surface area contributed by atoms with Crippen molar-refractivity contribution in [1.82, 2.24) is 4.98 Å². The molecule has 0 aliphatic rings. The standard InChI is InChI=1S/C14H12INO3/c1-2-18-14(17)12-4-3-9-16-13(12)19-11-7-5-10(15)6-8-11/h3-9H,2H2,1H3. The number of carbonyl (C=O) groups is 1. The molecule has 0 N–H and O–H groups in total. The summed E-state index contributed by atoms with van der Waals surface area (Å²) in [6.45, 7) is 2.07. The average molecular weight is 369 g/mol. The van der Waals surface area contributed by atoms with Gasteiger partial charge in [-0.05, 0) is 65.9 Å². The van der Waals surface area contributed by atoms with Gasteiger partial charge in [-0.2, -0.15) is 0 Å². The van der Waals surface area contributed by atoms with Crippen molar-refractivity contribution in [2.45, 2.75) is 6.92 Å². The van der Waals surface area contributed by atoms with Crippen LogP contribution in [0.4, 0.5) is 0 Å². The Morgan fingerprint density at radius 2 is 2.00 bits per heavy atom. The summed E-state index contributed by atoms with van der Waals surface area (Å²) < 4.78 is 11.7.